The molecule has 1 aromatic heterocycles. The maximum atomic E-state index is 5.02. The number of pyridine rings is 1. The summed E-state index contributed by atoms with van der Waals surface area (Å²) in [5.41, 5.74) is 4.12. The number of nitrogens with one attached hydrogen (secondary N) is 1. The summed E-state index contributed by atoms with van der Waals surface area (Å²) in [6.07, 6.45) is 7.12. The summed E-state index contributed by atoms with van der Waals surface area (Å²) in [5, 5.41) is 3.65. The Kier molecular flexibility index (Phi) is 4.69. The highest BCUT2D eigenvalue weighted by Gasteiger charge is 2.48. The first-order valence-corrected chi connectivity index (χ1v) is 10.8. The lowest BCUT2D eigenvalue weighted by Gasteiger charge is -2.44. The fourth-order valence-electron chi connectivity index (χ4n) is 5.84. The number of hydrogen-bond acceptors (Lipinski definition) is 3. The minimum Gasteiger partial charge on any atom is -0.383 e. The molecule has 3 heteroatoms. The number of hydrogen-bond donors (Lipinski definition) is 1. The molecule has 2 bridgehead atoms. The summed E-state index contributed by atoms with van der Waals surface area (Å²) in [4.78, 5) is 7.62. The van der Waals surface area contributed by atoms with Crippen molar-refractivity contribution in [1.82, 2.24) is 4.98 Å². The number of anilines is 2. The summed E-state index contributed by atoms with van der Waals surface area (Å²) in [7, 11) is 0. The molecule has 3 saturated carbocycles. The van der Waals surface area contributed by atoms with Crippen LogP contribution in [0.2, 0.25) is 0 Å². The summed E-state index contributed by atoms with van der Waals surface area (Å²) in [5.74, 6) is 5.09. The highest BCUT2D eigenvalue weighted by atomic mass is 15.2. The summed E-state index contributed by atoms with van der Waals surface area (Å²) < 4.78 is 0. The Morgan fingerprint density at radius 2 is 1.62 bits per heavy atom. The van der Waals surface area contributed by atoms with E-state index in [1.165, 1.54) is 62.3 Å². The first kappa shape index (κ1) is 18.1. The Morgan fingerprint density at radius 1 is 1.04 bits per heavy atom. The zero-order valence-corrected chi connectivity index (χ0v) is 17.4. The van der Waals surface area contributed by atoms with Crippen molar-refractivity contribution in [2.45, 2.75) is 66.7 Å². The standard InChI is InChI=1S/C23H37N3/c1-15-12-21(25-16(2)22(15)24-11-10-23(3,4)5)26-13-19-17-6-7-18(9-8-17)20(19)14-26/h12,17-20,24H,6-11,13-14H2,1-5H3. The molecule has 3 aliphatic carbocycles. The smallest absolute Gasteiger partial charge is 0.129 e. The topological polar surface area (TPSA) is 28.2 Å². The van der Waals surface area contributed by atoms with E-state index in [0.29, 0.717) is 5.41 Å². The van der Waals surface area contributed by atoms with Gasteiger partial charge in [-0.2, -0.15) is 0 Å². The summed E-state index contributed by atoms with van der Waals surface area (Å²) in [6.45, 7) is 14.8. The predicted octanol–water partition coefficient (Wildman–Crippen LogP) is 5.42. The maximum Gasteiger partial charge on any atom is 0.129 e. The molecule has 144 valence electrons. The molecular weight excluding hydrogens is 318 g/mol. The number of nitrogens with zero attached hydrogens (tertiary/aromatic N) is 2. The van der Waals surface area contributed by atoms with Crippen LogP contribution in [0.3, 0.4) is 0 Å². The number of fused-ring (bicyclic) bond motifs is 2. The van der Waals surface area contributed by atoms with Gasteiger partial charge in [0.2, 0.25) is 0 Å². The molecule has 2 unspecified atom stereocenters. The molecule has 3 nitrogen and oxygen atoms in total. The van der Waals surface area contributed by atoms with E-state index in [4.69, 9.17) is 4.98 Å². The van der Waals surface area contributed by atoms with Gasteiger partial charge in [-0.25, -0.2) is 4.98 Å². The zero-order valence-electron chi connectivity index (χ0n) is 17.4. The van der Waals surface area contributed by atoms with E-state index in [1.54, 1.807) is 0 Å². The molecule has 26 heavy (non-hydrogen) atoms. The second kappa shape index (κ2) is 6.73. The lowest BCUT2D eigenvalue weighted by molar-refractivity contribution is 0.0577. The zero-order chi connectivity index (χ0) is 18.5. The molecule has 1 N–H and O–H groups in total. The van der Waals surface area contributed by atoms with Gasteiger partial charge in [0.25, 0.3) is 0 Å². The van der Waals surface area contributed by atoms with Gasteiger partial charge in [-0.15, -0.1) is 0 Å². The normalized spacial score (nSPS) is 30.6. The SMILES string of the molecule is Cc1cc(N2CC3C4CCC(CC4)C3C2)nc(C)c1NCCC(C)(C)C. The molecule has 0 spiro atoms. The lowest BCUT2D eigenvalue weighted by atomic mass is 9.60. The monoisotopic (exact) mass is 355 g/mol. The lowest BCUT2D eigenvalue weighted by Crippen LogP contribution is -2.38. The largest absolute Gasteiger partial charge is 0.383 e. The predicted molar refractivity (Wildman–Crippen MR) is 111 cm³/mol. The van der Waals surface area contributed by atoms with Crippen molar-refractivity contribution in [3.05, 3.63) is 17.3 Å². The number of aryl methyl sites for hydroxylation is 2. The minimum atomic E-state index is 0.368. The van der Waals surface area contributed by atoms with Crippen LogP contribution in [0, 0.1) is 42.9 Å². The second-order valence-electron chi connectivity index (χ2n) is 10.4. The van der Waals surface area contributed by atoms with E-state index in [1.807, 2.05) is 0 Å². The molecule has 2 atom stereocenters. The molecule has 5 rings (SSSR count). The van der Waals surface area contributed by atoms with Gasteiger partial charge < -0.3 is 10.2 Å². The molecule has 1 aliphatic heterocycles. The molecule has 4 fully saturated rings. The van der Waals surface area contributed by atoms with E-state index in [0.717, 1.165) is 35.9 Å². The Labute approximate surface area is 160 Å². The van der Waals surface area contributed by atoms with Crippen molar-refractivity contribution in [3.8, 4) is 0 Å². The fraction of sp³-hybridized carbons (Fsp3) is 0.783. The highest BCUT2D eigenvalue weighted by molar-refractivity contribution is 5.60. The van der Waals surface area contributed by atoms with E-state index >= 15 is 0 Å². The average molecular weight is 356 g/mol. The third-order valence-electron chi connectivity index (χ3n) is 7.32. The number of rotatable bonds is 4. The average Bonchev–Trinajstić information content (AvgIpc) is 3.04. The van der Waals surface area contributed by atoms with Crippen molar-refractivity contribution in [1.29, 1.82) is 0 Å². The second-order valence-corrected chi connectivity index (χ2v) is 10.4. The molecule has 4 aliphatic rings. The number of aromatic nitrogens is 1. The van der Waals surface area contributed by atoms with Crippen LogP contribution in [0.15, 0.2) is 6.07 Å². The van der Waals surface area contributed by atoms with Crippen molar-refractivity contribution in [2.24, 2.45) is 29.1 Å². The third kappa shape index (κ3) is 3.46. The van der Waals surface area contributed by atoms with E-state index in [9.17, 15) is 0 Å². The van der Waals surface area contributed by atoms with Crippen molar-refractivity contribution in [2.75, 3.05) is 29.9 Å². The van der Waals surface area contributed by atoms with Crippen LogP contribution in [-0.2, 0) is 0 Å². The Bertz CT molecular complexity index is 609. The van der Waals surface area contributed by atoms with E-state index in [-0.39, 0.29) is 0 Å². The molecule has 0 amide bonds. The summed E-state index contributed by atoms with van der Waals surface area (Å²) in [6, 6.07) is 2.33. The first-order chi connectivity index (χ1) is 12.3. The van der Waals surface area contributed by atoms with Gasteiger partial charge in [0.05, 0.1) is 11.4 Å². The molecule has 2 heterocycles. The van der Waals surface area contributed by atoms with Gasteiger partial charge >= 0.3 is 0 Å². The van der Waals surface area contributed by atoms with Gasteiger partial charge in [-0.05, 0) is 86.7 Å². The third-order valence-corrected chi connectivity index (χ3v) is 7.32. The van der Waals surface area contributed by atoms with Gasteiger partial charge in [0.15, 0.2) is 0 Å². The van der Waals surface area contributed by atoms with Gasteiger partial charge in [-0.3, -0.25) is 0 Å². The van der Waals surface area contributed by atoms with Crippen LogP contribution in [0.25, 0.3) is 0 Å². The quantitative estimate of drug-likeness (QED) is 0.782. The molecule has 1 saturated heterocycles. The molecule has 1 aromatic rings. The van der Waals surface area contributed by atoms with Gasteiger partial charge in [0, 0.05) is 19.6 Å². The Morgan fingerprint density at radius 3 is 2.12 bits per heavy atom. The summed E-state index contributed by atoms with van der Waals surface area (Å²) >= 11 is 0. The van der Waals surface area contributed by atoms with Gasteiger partial charge in [-0.1, -0.05) is 20.8 Å². The molecular formula is C23H37N3. The Balaban J connectivity index is 1.47. The maximum absolute atomic E-state index is 5.02. The first-order valence-electron chi connectivity index (χ1n) is 10.8. The molecule has 0 radical (unpaired) electrons. The van der Waals surface area contributed by atoms with Crippen LogP contribution in [0.5, 0.6) is 0 Å². The Hall–Kier alpha value is -1.25. The van der Waals surface area contributed by atoms with Crippen molar-refractivity contribution >= 4 is 11.5 Å². The van der Waals surface area contributed by atoms with Crippen LogP contribution in [-0.4, -0.2) is 24.6 Å². The van der Waals surface area contributed by atoms with E-state index in [2.05, 4.69) is 50.9 Å². The van der Waals surface area contributed by atoms with Crippen LogP contribution >= 0.6 is 0 Å². The van der Waals surface area contributed by atoms with Crippen molar-refractivity contribution in [3.63, 3.8) is 0 Å². The van der Waals surface area contributed by atoms with Crippen LogP contribution in [0.4, 0.5) is 11.5 Å². The van der Waals surface area contributed by atoms with Gasteiger partial charge in [0.1, 0.15) is 5.82 Å². The van der Waals surface area contributed by atoms with E-state index < -0.39 is 0 Å². The van der Waals surface area contributed by atoms with Crippen molar-refractivity contribution < 1.29 is 0 Å². The fourth-order valence-corrected chi connectivity index (χ4v) is 5.84. The minimum absolute atomic E-state index is 0.368. The highest BCUT2D eigenvalue weighted by Crippen LogP contribution is 2.52. The molecule has 0 aromatic carbocycles. The van der Waals surface area contributed by atoms with Crippen LogP contribution < -0.4 is 10.2 Å². The van der Waals surface area contributed by atoms with Crippen LogP contribution in [0.1, 0.15) is 64.1 Å².